The summed E-state index contributed by atoms with van der Waals surface area (Å²) in [6, 6.07) is 0.172. The summed E-state index contributed by atoms with van der Waals surface area (Å²) in [6.07, 6.45) is 4.55. The molecule has 0 aliphatic carbocycles. The van der Waals surface area contributed by atoms with Crippen LogP contribution < -0.4 is 5.73 Å². The molecule has 1 unspecified atom stereocenters. The summed E-state index contributed by atoms with van der Waals surface area (Å²) in [6.45, 7) is 5.06. The van der Waals surface area contributed by atoms with Crippen LogP contribution in [0.5, 0.6) is 0 Å². The van der Waals surface area contributed by atoms with Crippen LogP contribution in [-0.2, 0) is 9.47 Å². The van der Waals surface area contributed by atoms with Gasteiger partial charge in [-0.3, -0.25) is 0 Å². The van der Waals surface area contributed by atoms with E-state index in [9.17, 15) is 0 Å². The predicted octanol–water partition coefficient (Wildman–Crippen LogP) is 1.04. The maximum absolute atomic E-state index is 5.83. The fraction of sp³-hybridized carbons (Fsp3) is 0.778. The number of allylic oxidation sites excluding steroid dienone is 1. The Balaban J connectivity index is 2.07. The molecular weight excluding hydrogens is 154 g/mol. The van der Waals surface area contributed by atoms with Gasteiger partial charge in [-0.2, -0.15) is 0 Å². The maximum Gasteiger partial charge on any atom is 0.159 e. The van der Waals surface area contributed by atoms with E-state index in [0.717, 1.165) is 19.3 Å². The van der Waals surface area contributed by atoms with E-state index in [4.69, 9.17) is 15.2 Å². The largest absolute Gasteiger partial charge is 0.350 e. The van der Waals surface area contributed by atoms with Crippen LogP contribution in [0.1, 0.15) is 19.3 Å². The van der Waals surface area contributed by atoms with E-state index in [-0.39, 0.29) is 12.3 Å². The Kier molecular flexibility index (Phi) is 4.29. The first kappa shape index (κ1) is 9.71. The van der Waals surface area contributed by atoms with Gasteiger partial charge in [-0.25, -0.2) is 0 Å². The zero-order chi connectivity index (χ0) is 8.81. The standard InChI is InChI=1S/C9H17NO2/c1-2-3-4-8(10)7-9-11-5-6-12-9/h2,8-9H,1,3-7,10H2. The van der Waals surface area contributed by atoms with Crippen molar-refractivity contribution in [3.05, 3.63) is 12.7 Å². The minimum absolute atomic E-state index is 0.0650. The van der Waals surface area contributed by atoms with Gasteiger partial charge in [-0.1, -0.05) is 6.08 Å². The van der Waals surface area contributed by atoms with Gasteiger partial charge in [0.15, 0.2) is 6.29 Å². The molecule has 0 saturated carbocycles. The molecule has 0 aromatic heterocycles. The molecule has 1 heterocycles. The average Bonchev–Trinajstić information content (AvgIpc) is 2.53. The fourth-order valence-electron chi connectivity index (χ4n) is 1.24. The Labute approximate surface area is 73.5 Å². The number of rotatable bonds is 5. The second-order valence-electron chi connectivity index (χ2n) is 3.03. The summed E-state index contributed by atoms with van der Waals surface area (Å²) in [5.41, 5.74) is 5.83. The number of nitrogens with two attached hydrogens (primary N) is 1. The van der Waals surface area contributed by atoms with Gasteiger partial charge in [0.25, 0.3) is 0 Å². The first-order chi connectivity index (χ1) is 5.83. The molecule has 0 radical (unpaired) electrons. The second-order valence-corrected chi connectivity index (χ2v) is 3.03. The van der Waals surface area contributed by atoms with Gasteiger partial charge in [0, 0.05) is 12.5 Å². The molecule has 2 N–H and O–H groups in total. The van der Waals surface area contributed by atoms with Crippen LogP contribution in [0, 0.1) is 0 Å². The quantitative estimate of drug-likeness (QED) is 0.629. The van der Waals surface area contributed by atoms with Crippen molar-refractivity contribution in [2.24, 2.45) is 5.73 Å². The lowest BCUT2D eigenvalue weighted by Gasteiger charge is -2.14. The molecule has 0 aromatic carbocycles. The van der Waals surface area contributed by atoms with E-state index in [1.165, 1.54) is 0 Å². The van der Waals surface area contributed by atoms with Crippen molar-refractivity contribution in [1.29, 1.82) is 0 Å². The van der Waals surface area contributed by atoms with Gasteiger partial charge < -0.3 is 15.2 Å². The maximum atomic E-state index is 5.83. The third kappa shape index (κ3) is 3.34. The Morgan fingerprint density at radius 1 is 1.50 bits per heavy atom. The molecule has 0 bridgehead atoms. The highest BCUT2D eigenvalue weighted by Gasteiger charge is 2.18. The zero-order valence-electron chi connectivity index (χ0n) is 7.37. The summed E-state index contributed by atoms with van der Waals surface area (Å²) < 4.78 is 10.6. The Morgan fingerprint density at radius 3 is 2.75 bits per heavy atom. The van der Waals surface area contributed by atoms with Crippen molar-refractivity contribution in [3.63, 3.8) is 0 Å². The molecule has 1 rings (SSSR count). The van der Waals surface area contributed by atoms with Crippen LogP contribution in [0.15, 0.2) is 12.7 Å². The van der Waals surface area contributed by atoms with Gasteiger partial charge in [-0.15, -0.1) is 6.58 Å². The molecule has 3 heteroatoms. The van der Waals surface area contributed by atoms with Crippen molar-refractivity contribution in [3.8, 4) is 0 Å². The van der Waals surface area contributed by atoms with Crippen molar-refractivity contribution in [2.45, 2.75) is 31.6 Å². The lowest BCUT2D eigenvalue weighted by molar-refractivity contribution is -0.0508. The van der Waals surface area contributed by atoms with Crippen LogP contribution in [0.2, 0.25) is 0 Å². The molecule has 0 aromatic rings. The van der Waals surface area contributed by atoms with E-state index in [2.05, 4.69) is 6.58 Å². The lowest BCUT2D eigenvalue weighted by atomic mass is 10.1. The van der Waals surface area contributed by atoms with E-state index in [1.54, 1.807) is 0 Å². The summed E-state index contributed by atoms with van der Waals surface area (Å²) >= 11 is 0. The second kappa shape index (κ2) is 5.30. The third-order valence-electron chi connectivity index (χ3n) is 1.93. The van der Waals surface area contributed by atoms with E-state index in [1.807, 2.05) is 6.08 Å². The molecule has 0 amide bonds. The summed E-state index contributed by atoms with van der Waals surface area (Å²) in [4.78, 5) is 0. The minimum atomic E-state index is -0.0650. The van der Waals surface area contributed by atoms with E-state index in [0.29, 0.717) is 13.2 Å². The van der Waals surface area contributed by atoms with Crippen molar-refractivity contribution >= 4 is 0 Å². The third-order valence-corrected chi connectivity index (χ3v) is 1.93. The molecular formula is C9H17NO2. The van der Waals surface area contributed by atoms with Crippen molar-refractivity contribution in [2.75, 3.05) is 13.2 Å². The van der Waals surface area contributed by atoms with Crippen LogP contribution in [0.4, 0.5) is 0 Å². The molecule has 1 atom stereocenters. The molecule has 70 valence electrons. The summed E-state index contributed by atoms with van der Waals surface area (Å²) in [5.74, 6) is 0. The Hall–Kier alpha value is -0.380. The minimum Gasteiger partial charge on any atom is -0.350 e. The van der Waals surface area contributed by atoms with Crippen molar-refractivity contribution < 1.29 is 9.47 Å². The molecule has 1 fully saturated rings. The highest BCUT2D eigenvalue weighted by atomic mass is 16.7. The molecule has 1 saturated heterocycles. The first-order valence-electron chi connectivity index (χ1n) is 4.42. The van der Waals surface area contributed by atoms with E-state index < -0.39 is 0 Å². The summed E-state index contributed by atoms with van der Waals surface area (Å²) in [7, 11) is 0. The molecule has 1 aliphatic heterocycles. The highest BCUT2D eigenvalue weighted by Crippen LogP contribution is 2.11. The van der Waals surface area contributed by atoms with Gasteiger partial charge in [0.05, 0.1) is 13.2 Å². The van der Waals surface area contributed by atoms with Gasteiger partial charge in [-0.05, 0) is 12.8 Å². The fourth-order valence-corrected chi connectivity index (χ4v) is 1.24. The van der Waals surface area contributed by atoms with Crippen LogP contribution in [-0.4, -0.2) is 25.5 Å². The average molecular weight is 171 g/mol. The number of ether oxygens (including phenoxy) is 2. The Morgan fingerprint density at radius 2 is 2.17 bits per heavy atom. The van der Waals surface area contributed by atoms with Gasteiger partial charge in [0.2, 0.25) is 0 Å². The SMILES string of the molecule is C=CCCC(N)CC1OCCO1. The van der Waals surface area contributed by atoms with Gasteiger partial charge in [0.1, 0.15) is 0 Å². The molecule has 1 aliphatic rings. The smallest absolute Gasteiger partial charge is 0.159 e. The first-order valence-corrected chi connectivity index (χ1v) is 4.42. The highest BCUT2D eigenvalue weighted by molar-refractivity contribution is 4.72. The lowest BCUT2D eigenvalue weighted by Crippen LogP contribution is -2.26. The molecule has 12 heavy (non-hydrogen) atoms. The molecule has 0 spiro atoms. The topological polar surface area (TPSA) is 44.5 Å². The zero-order valence-corrected chi connectivity index (χ0v) is 7.37. The summed E-state index contributed by atoms with van der Waals surface area (Å²) in [5, 5.41) is 0. The Bertz CT molecular complexity index is 132. The normalized spacial score (nSPS) is 21.1. The monoisotopic (exact) mass is 171 g/mol. The predicted molar refractivity (Wildman–Crippen MR) is 47.7 cm³/mol. The van der Waals surface area contributed by atoms with Crippen molar-refractivity contribution in [1.82, 2.24) is 0 Å². The van der Waals surface area contributed by atoms with Crippen LogP contribution in [0.25, 0.3) is 0 Å². The number of hydrogen-bond acceptors (Lipinski definition) is 3. The van der Waals surface area contributed by atoms with E-state index >= 15 is 0 Å². The van der Waals surface area contributed by atoms with Crippen LogP contribution >= 0.6 is 0 Å². The number of hydrogen-bond donors (Lipinski definition) is 1. The molecule has 3 nitrogen and oxygen atoms in total. The van der Waals surface area contributed by atoms with Gasteiger partial charge >= 0.3 is 0 Å². The van der Waals surface area contributed by atoms with Crippen LogP contribution in [0.3, 0.4) is 0 Å².